The summed E-state index contributed by atoms with van der Waals surface area (Å²) in [5.41, 5.74) is -0.761. The van der Waals surface area contributed by atoms with Gasteiger partial charge in [-0.25, -0.2) is 0 Å². The molecule has 0 bridgehead atoms. The van der Waals surface area contributed by atoms with Gasteiger partial charge in [0, 0.05) is 17.7 Å². The molecule has 1 fully saturated rings. The maximum absolute atomic E-state index is 12.5. The molecule has 0 radical (unpaired) electrons. The molecule has 0 spiro atoms. The lowest BCUT2D eigenvalue weighted by Crippen LogP contribution is -2.42. The molecule has 0 aromatic carbocycles. The summed E-state index contributed by atoms with van der Waals surface area (Å²) in [7, 11) is -0.375. The van der Waals surface area contributed by atoms with E-state index in [4.69, 9.17) is 13.7 Å². The van der Waals surface area contributed by atoms with Gasteiger partial charge in [0.05, 0.1) is 17.5 Å². The third-order valence-electron chi connectivity index (χ3n) is 4.42. The molecule has 1 aliphatic rings. The SMILES string of the molecule is CC(C)(C)[S+]([O-])N[C@@H](CB1OC(C)(C)C(C)(C)O1)c1ccco1. The predicted octanol–water partition coefficient (Wildman–Crippen LogP) is 3.46. The molecule has 1 saturated heterocycles. The third-order valence-corrected chi connectivity index (χ3v) is 6.03. The van der Waals surface area contributed by atoms with Crippen molar-refractivity contribution >= 4 is 18.5 Å². The molecule has 7 heteroatoms. The van der Waals surface area contributed by atoms with Gasteiger partial charge >= 0.3 is 7.12 Å². The first kappa shape index (κ1) is 18.9. The van der Waals surface area contributed by atoms with E-state index in [1.165, 1.54) is 0 Å². The van der Waals surface area contributed by atoms with Crippen molar-refractivity contribution < 1.29 is 18.3 Å². The van der Waals surface area contributed by atoms with Crippen molar-refractivity contribution in [1.82, 2.24) is 4.72 Å². The van der Waals surface area contributed by atoms with Crippen molar-refractivity contribution in [2.75, 3.05) is 0 Å². The Morgan fingerprint density at radius 2 is 1.78 bits per heavy atom. The standard InChI is InChI=1S/C16H28BNO4S/c1-14(2,3)23(19)18-12(13-9-8-10-20-13)11-17-21-15(4,5)16(6,7)22-17/h8-10,12,18H,11H2,1-7H3/t12-,23?/m0/s1. The van der Waals surface area contributed by atoms with E-state index in [0.717, 1.165) is 5.76 Å². The van der Waals surface area contributed by atoms with Crippen LogP contribution in [0.2, 0.25) is 6.32 Å². The highest BCUT2D eigenvalue weighted by Crippen LogP contribution is 2.39. The highest BCUT2D eigenvalue weighted by Gasteiger charge is 2.52. The topological polar surface area (TPSA) is 66.7 Å². The van der Waals surface area contributed by atoms with Crippen molar-refractivity contribution in [3.63, 3.8) is 0 Å². The van der Waals surface area contributed by atoms with Crippen LogP contribution >= 0.6 is 0 Å². The van der Waals surface area contributed by atoms with Crippen LogP contribution in [0.3, 0.4) is 0 Å². The third kappa shape index (κ3) is 4.34. The van der Waals surface area contributed by atoms with Crippen molar-refractivity contribution in [1.29, 1.82) is 0 Å². The lowest BCUT2D eigenvalue weighted by Gasteiger charge is -2.32. The number of hydrogen-bond acceptors (Lipinski definition) is 5. The van der Waals surface area contributed by atoms with Crippen molar-refractivity contribution in [3.05, 3.63) is 24.2 Å². The Labute approximate surface area is 142 Å². The molecule has 1 N–H and O–H groups in total. The molecule has 2 heterocycles. The molecule has 0 saturated carbocycles. The van der Waals surface area contributed by atoms with E-state index in [0.29, 0.717) is 6.32 Å². The van der Waals surface area contributed by atoms with Gasteiger partial charge in [-0.05, 0) is 60.6 Å². The first-order valence-corrected chi connectivity index (χ1v) is 9.14. The van der Waals surface area contributed by atoms with Gasteiger partial charge < -0.3 is 18.3 Å². The van der Waals surface area contributed by atoms with Crippen LogP contribution in [0.15, 0.2) is 22.8 Å². The van der Waals surface area contributed by atoms with E-state index in [2.05, 4.69) is 4.72 Å². The Bertz CT molecular complexity index is 497. The summed E-state index contributed by atoms with van der Waals surface area (Å²) in [4.78, 5) is 0. The van der Waals surface area contributed by atoms with Crippen LogP contribution in [0.4, 0.5) is 0 Å². The molecular formula is C16H28BNO4S. The lowest BCUT2D eigenvalue weighted by molar-refractivity contribution is 0.00578. The van der Waals surface area contributed by atoms with Crippen LogP contribution in [0.1, 0.15) is 60.3 Å². The number of rotatable bonds is 5. The van der Waals surface area contributed by atoms with Gasteiger partial charge in [-0.15, -0.1) is 4.72 Å². The smallest absolute Gasteiger partial charge is 0.460 e. The first-order valence-electron chi connectivity index (χ1n) is 7.99. The fourth-order valence-electron chi connectivity index (χ4n) is 2.27. The summed E-state index contributed by atoms with van der Waals surface area (Å²) in [5.74, 6) is 0.734. The van der Waals surface area contributed by atoms with Crippen molar-refractivity contribution in [3.8, 4) is 0 Å². The van der Waals surface area contributed by atoms with Gasteiger partial charge in [0.15, 0.2) is 0 Å². The molecule has 1 aromatic heterocycles. The Hall–Kier alpha value is -0.465. The summed E-state index contributed by atoms with van der Waals surface area (Å²) in [5, 5.41) is 0. The monoisotopic (exact) mass is 341 g/mol. The number of hydrogen-bond donors (Lipinski definition) is 1. The molecular weight excluding hydrogens is 313 g/mol. The van der Waals surface area contributed by atoms with Crippen LogP contribution in [-0.4, -0.2) is 27.6 Å². The Morgan fingerprint density at radius 3 is 2.22 bits per heavy atom. The average molecular weight is 341 g/mol. The molecule has 1 unspecified atom stereocenters. The number of furan rings is 1. The van der Waals surface area contributed by atoms with Crippen LogP contribution in [0.5, 0.6) is 0 Å². The van der Waals surface area contributed by atoms with Crippen molar-refractivity contribution in [2.24, 2.45) is 0 Å². The van der Waals surface area contributed by atoms with Gasteiger partial charge in [0.25, 0.3) is 0 Å². The van der Waals surface area contributed by atoms with E-state index >= 15 is 0 Å². The van der Waals surface area contributed by atoms with Crippen LogP contribution in [0.25, 0.3) is 0 Å². The molecule has 0 aliphatic carbocycles. The molecule has 23 heavy (non-hydrogen) atoms. The predicted molar refractivity (Wildman–Crippen MR) is 93.4 cm³/mol. The second kappa shape index (κ2) is 6.45. The quantitative estimate of drug-likeness (QED) is 0.656. The van der Waals surface area contributed by atoms with Gasteiger partial charge in [0.2, 0.25) is 0 Å². The largest absolute Gasteiger partial charge is 0.598 e. The van der Waals surface area contributed by atoms with Crippen molar-refractivity contribution in [2.45, 2.75) is 76.8 Å². The average Bonchev–Trinajstić information content (AvgIpc) is 2.94. The van der Waals surface area contributed by atoms with E-state index in [9.17, 15) is 4.55 Å². The minimum Gasteiger partial charge on any atom is -0.598 e. The highest BCUT2D eigenvalue weighted by atomic mass is 32.2. The highest BCUT2D eigenvalue weighted by molar-refractivity contribution is 7.90. The van der Waals surface area contributed by atoms with E-state index in [1.54, 1.807) is 6.26 Å². The van der Waals surface area contributed by atoms with Crippen LogP contribution < -0.4 is 4.72 Å². The lowest BCUT2D eigenvalue weighted by atomic mass is 9.80. The number of nitrogens with one attached hydrogen (secondary N) is 1. The molecule has 0 amide bonds. The summed E-state index contributed by atoms with van der Waals surface area (Å²) < 4.78 is 32.9. The Kier molecular flexibility index (Phi) is 5.29. The van der Waals surface area contributed by atoms with E-state index in [-0.39, 0.29) is 29.1 Å². The maximum atomic E-state index is 12.5. The molecule has 5 nitrogen and oxygen atoms in total. The van der Waals surface area contributed by atoms with Gasteiger partial charge in [-0.3, -0.25) is 0 Å². The molecule has 1 aliphatic heterocycles. The second-order valence-electron chi connectivity index (χ2n) is 7.99. The second-order valence-corrected chi connectivity index (χ2v) is 9.99. The minimum atomic E-state index is -1.21. The van der Waals surface area contributed by atoms with Crippen LogP contribution in [0, 0.1) is 0 Å². The Morgan fingerprint density at radius 1 is 1.22 bits per heavy atom. The minimum absolute atomic E-state index is 0.236. The normalized spacial score (nSPS) is 23.0. The Balaban J connectivity index is 2.11. The fourth-order valence-corrected chi connectivity index (χ4v) is 3.10. The zero-order chi connectivity index (χ0) is 17.5. The van der Waals surface area contributed by atoms with Gasteiger partial charge in [-0.1, -0.05) is 0 Å². The molecule has 1 aromatic rings. The summed E-state index contributed by atoms with van der Waals surface area (Å²) >= 11 is -1.21. The zero-order valence-corrected chi connectivity index (χ0v) is 16.0. The maximum Gasteiger partial charge on any atom is 0.460 e. The summed E-state index contributed by atoms with van der Waals surface area (Å²) in [6, 6.07) is 3.47. The molecule has 2 atom stereocenters. The first-order chi connectivity index (χ1) is 10.4. The van der Waals surface area contributed by atoms with E-state index < -0.39 is 11.4 Å². The van der Waals surface area contributed by atoms with Gasteiger partial charge in [0.1, 0.15) is 16.5 Å². The van der Waals surface area contributed by atoms with Crippen LogP contribution in [-0.2, 0) is 20.7 Å². The zero-order valence-electron chi connectivity index (χ0n) is 15.1. The summed E-state index contributed by atoms with van der Waals surface area (Å²) in [6.45, 7) is 13.9. The van der Waals surface area contributed by atoms with E-state index in [1.807, 2.05) is 60.6 Å². The molecule has 2 rings (SSSR count). The fraction of sp³-hybridized carbons (Fsp3) is 0.750. The van der Waals surface area contributed by atoms with Gasteiger partial charge in [-0.2, -0.15) is 0 Å². The molecule has 130 valence electrons. The summed E-state index contributed by atoms with van der Waals surface area (Å²) in [6.07, 6.45) is 2.15.